The molecule has 0 atom stereocenters. The lowest BCUT2D eigenvalue weighted by atomic mass is 10.1. The van der Waals surface area contributed by atoms with Crippen LogP contribution in [-0.4, -0.2) is 51.9 Å². The molecule has 0 aromatic carbocycles. The van der Waals surface area contributed by atoms with Crippen LogP contribution >= 0.6 is 0 Å². The zero-order valence-corrected chi connectivity index (χ0v) is 14.5. The topological polar surface area (TPSA) is 82.2 Å². The number of hydrogen-bond acceptors (Lipinski definition) is 5. The quantitative estimate of drug-likeness (QED) is 0.894. The lowest BCUT2D eigenvalue weighted by Gasteiger charge is -2.35. The van der Waals surface area contributed by atoms with Crippen LogP contribution in [0.2, 0.25) is 0 Å². The highest BCUT2D eigenvalue weighted by Gasteiger charge is 2.25. The Morgan fingerprint density at radius 1 is 1.19 bits per heavy atom. The third kappa shape index (κ3) is 3.56. The number of aromatic amines is 1. The van der Waals surface area contributed by atoms with Gasteiger partial charge in [0.2, 0.25) is 11.8 Å². The van der Waals surface area contributed by atoms with E-state index in [1.165, 1.54) is 6.20 Å². The Kier molecular flexibility index (Phi) is 4.97. The number of rotatable bonds is 3. The molecular formula is C17H19F2N5O2. The molecule has 0 spiro atoms. The Morgan fingerprint density at radius 2 is 1.88 bits per heavy atom. The molecule has 0 unspecified atom stereocenters. The maximum absolute atomic E-state index is 13.9. The largest absolute Gasteiger partial charge is 0.339 e. The molecule has 9 heteroatoms. The average Bonchev–Trinajstić information content (AvgIpc) is 2.63. The number of aromatic nitrogens is 3. The Bertz CT molecular complexity index is 876. The van der Waals surface area contributed by atoms with E-state index in [0.29, 0.717) is 32.1 Å². The molecule has 138 valence electrons. The van der Waals surface area contributed by atoms with E-state index in [9.17, 15) is 18.4 Å². The standard InChI is InChI=1S/C17H19F2N5O2/c1-10(2)14-13(19)15(25)22-17(21-14)24-5-3-23(4-6-24)16(26)11-7-12(18)9-20-8-11/h7-10H,3-6H2,1-2H3,(H,21,22,25). The summed E-state index contributed by atoms with van der Waals surface area (Å²) in [5.74, 6) is -1.67. The number of pyridine rings is 1. The zero-order valence-electron chi connectivity index (χ0n) is 14.5. The van der Waals surface area contributed by atoms with Gasteiger partial charge in [0.25, 0.3) is 11.5 Å². The van der Waals surface area contributed by atoms with Gasteiger partial charge in [-0.25, -0.2) is 9.37 Å². The van der Waals surface area contributed by atoms with E-state index in [1.54, 1.807) is 23.6 Å². The Hall–Kier alpha value is -2.84. The van der Waals surface area contributed by atoms with Crippen LogP contribution in [0.15, 0.2) is 23.3 Å². The molecule has 0 saturated carbocycles. The van der Waals surface area contributed by atoms with Crippen molar-refractivity contribution < 1.29 is 13.6 Å². The molecule has 0 aliphatic carbocycles. The molecule has 0 radical (unpaired) electrons. The van der Waals surface area contributed by atoms with Crippen molar-refractivity contribution in [2.24, 2.45) is 0 Å². The molecule has 1 fully saturated rings. The SMILES string of the molecule is CC(C)c1nc(N2CCN(C(=O)c3cncc(F)c3)CC2)[nH]c(=O)c1F. The molecule has 3 rings (SSSR count). The number of nitrogens with zero attached hydrogens (tertiary/aromatic N) is 4. The Morgan fingerprint density at radius 3 is 2.50 bits per heavy atom. The van der Waals surface area contributed by atoms with E-state index in [-0.39, 0.29) is 23.1 Å². The van der Waals surface area contributed by atoms with Crippen molar-refractivity contribution in [3.05, 3.63) is 51.7 Å². The first-order chi connectivity index (χ1) is 12.4. The van der Waals surface area contributed by atoms with E-state index in [2.05, 4.69) is 15.0 Å². The van der Waals surface area contributed by atoms with E-state index in [0.717, 1.165) is 12.3 Å². The van der Waals surface area contributed by atoms with E-state index in [4.69, 9.17) is 0 Å². The van der Waals surface area contributed by atoms with Gasteiger partial charge in [-0.2, -0.15) is 4.39 Å². The average molecular weight is 363 g/mol. The smallest absolute Gasteiger partial charge is 0.288 e. The first-order valence-electron chi connectivity index (χ1n) is 8.31. The molecule has 26 heavy (non-hydrogen) atoms. The Labute approximate surface area is 148 Å². The monoisotopic (exact) mass is 363 g/mol. The molecule has 1 aliphatic heterocycles. The summed E-state index contributed by atoms with van der Waals surface area (Å²) in [7, 11) is 0. The fourth-order valence-corrected chi connectivity index (χ4v) is 2.83. The number of anilines is 1. The van der Waals surface area contributed by atoms with Crippen LogP contribution in [-0.2, 0) is 0 Å². The second kappa shape index (κ2) is 7.19. The maximum atomic E-state index is 13.9. The third-order valence-corrected chi connectivity index (χ3v) is 4.24. The fraction of sp³-hybridized carbons (Fsp3) is 0.412. The van der Waals surface area contributed by atoms with Gasteiger partial charge < -0.3 is 9.80 Å². The van der Waals surface area contributed by atoms with Crippen LogP contribution in [0.5, 0.6) is 0 Å². The van der Waals surface area contributed by atoms with Gasteiger partial charge >= 0.3 is 0 Å². The van der Waals surface area contributed by atoms with E-state index >= 15 is 0 Å². The van der Waals surface area contributed by atoms with Crippen molar-refractivity contribution in [2.45, 2.75) is 19.8 Å². The fourth-order valence-electron chi connectivity index (χ4n) is 2.83. The van der Waals surface area contributed by atoms with Gasteiger partial charge in [-0.1, -0.05) is 13.8 Å². The summed E-state index contributed by atoms with van der Waals surface area (Å²) < 4.78 is 27.1. The van der Waals surface area contributed by atoms with Crippen LogP contribution in [0, 0.1) is 11.6 Å². The van der Waals surface area contributed by atoms with E-state index < -0.39 is 17.2 Å². The van der Waals surface area contributed by atoms with Gasteiger partial charge in [0.15, 0.2) is 0 Å². The second-order valence-corrected chi connectivity index (χ2v) is 6.41. The molecule has 2 aromatic rings. The molecule has 1 N–H and O–H groups in total. The summed E-state index contributed by atoms with van der Waals surface area (Å²) in [6.07, 6.45) is 2.36. The third-order valence-electron chi connectivity index (χ3n) is 4.24. The highest BCUT2D eigenvalue weighted by Crippen LogP contribution is 2.18. The highest BCUT2D eigenvalue weighted by atomic mass is 19.1. The van der Waals surface area contributed by atoms with Gasteiger partial charge in [-0.3, -0.25) is 19.6 Å². The maximum Gasteiger partial charge on any atom is 0.288 e. The summed E-state index contributed by atoms with van der Waals surface area (Å²) >= 11 is 0. The Balaban J connectivity index is 1.73. The molecule has 0 bridgehead atoms. The molecule has 1 amide bonds. The van der Waals surface area contributed by atoms with E-state index in [1.807, 2.05) is 0 Å². The normalized spacial score (nSPS) is 14.8. The number of carbonyl (C=O) groups is 1. The van der Waals surface area contributed by atoms with Crippen LogP contribution in [0.1, 0.15) is 35.8 Å². The number of hydrogen-bond donors (Lipinski definition) is 1. The molecular weight excluding hydrogens is 344 g/mol. The second-order valence-electron chi connectivity index (χ2n) is 6.41. The minimum absolute atomic E-state index is 0.119. The lowest BCUT2D eigenvalue weighted by molar-refractivity contribution is 0.0745. The molecule has 3 heterocycles. The minimum atomic E-state index is -0.865. The molecule has 1 saturated heterocycles. The van der Waals surface area contributed by atoms with Crippen molar-refractivity contribution in [1.29, 1.82) is 0 Å². The van der Waals surface area contributed by atoms with Gasteiger partial charge in [0.05, 0.1) is 17.5 Å². The summed E-state index contributed by atoms with van der Waals surface area (Å²) in [5, 5.41) is 0. The van der Waals surface area contributed by atoms with Crippen molar-refractivity contribution in [3.63, 3.8) is 0 Å². The molecule has 7 nitrogen and oxygen atoms in total. The predicted octanol–water partition coefficient (Wildman–Crippen LogP) is 1.53. The summed E-state index contributed by atoms with van der Waals surface area (Å²) in [6.45, 7) is 5.10. The van der Waals surface area contributed by atoms with Gasteiger partial charge in [-0.05, 0) is 12.0 Å². The van der Waals surface area contributed by atoms with Gasteiger partial charge in [-0.15, -0.1) is 0 Å². The van der Waals surface area contributed by atoms with Crippen LogP contribution in [0.3, 0.4) is 0 Å². The number of carbonyl (C=O) groups excluding carboxylic acids is 1. The van der Waals surface area contributed by atoms with Crippen molar-refractivity contribution in [2.75, 3.05) is 31.1 Å². The van der Waals surface area contributed by atoms with Crippen molar-refractivity contribution in [1.82, 2.24) is 19.9 Å². The number of amides is 1. The van der Waals surface area contributed by atoms with Crippen molar-refractivity contribution in [3.8, 4) is 0 Å². The minimum Gasteiger partial charge on any atom is -0.339 e. The number of H-pyrrole nitrogens is 1. The number of piperazine rings is 1. The first kappa shape index (κ1) is 18.0. The van der Waals surface area contributed by atoms with Crippen molar-refractivity contribution >= 4 is 11.9 Å². The summed E-state index contributed by atoms with van der Waals surface area (Å²) in [4.78, 5) is 37.9. The molecule has 2 aromatic heterocycles. The first-order valence-corrected chi connectivity index (χ1v) is 8.31. The summed E-state index contributed by atoms with van der Waals surface area (Å²) in [5.41, 5.74) is -0.495. The lowest BCUT2D eigenvalue weighted by Crippen LogP contribution is -2.49. The van der Waals surface area contributed by atoms with Gasteiger partial charge in [0, 0.05) is 32.4 Å². The van der Waals surface area contributed by atoms with Gasteiger partial charge in [0.1, 0.15) is 5.82 Å². The zero-order chi connectivity index (χ0) is 18.8. The van der Waals surface area contributed by atoms with Crippen LogP contribution in [0.25, 0.3) is 0 Å². The predicted molar refractivity (Wildman–Crippen MR) is 91.2 cm³/mol. The van der Waals surface area contributed by atoms with Crippen LogP contribution in [0.4, 0.5) is 14.7 Å². The highest BCUT2D eigenvalue weighted by molar-refractivity contribution is 5.94. The number of nitrogens with one attached hydrogen (secondary N) is 1. The number of halogens is 2. The summed E-state index contributed by atoms with van der Waals surface area (Å²) in [6, 6.07) is 1.15. The molecule has 1 aliphatic rings. The van der Waals surface area contributed by atoms with Crippen LogP contribution < -0.4 is 10.5 Å².